The van der Waals surface area contributed by atoms with Gasteiger partial charge in [0.1, 0.15) is 5.52 Å². The summed E-state index contributed by atoms with van der Waals surface area (Å²) in [6, 6.07) is 7.74. The first-order chi connectivity index (χ1) is 11.4. The van der Waals surface area contributed by atoms with E-state index in [4.69, 9.17) is 4.74 Å². The molecule has 3 aromatic rings. The van der Waals surface area contributed by atoms with E-state index in [2.05, 4.69) is 15.9 Å². The quantitative estimate of drug-likeness (QED) is 0.656. The Morgan fingerprint density at radius 2 is 1.79 bits per heavy atom. The Balaban J connectivity index is 2.51. The molecule has 0 fully saturated rings. The van der Waals surface area contributed by atoms with Gasteiger partial charge < -0.3 is 4.74 Å². The van der Waals surface area contributed by atoms with Crippen molar-refractivity contribution in [2.24, 2.45) is 0 Å². The van der Waals surface area contributed by atoms with Crippen molar-refractivity contribution in [1.29, 1.82) is 0 Å². The number of rotatable bonds is 3. The fourth-order valence-electron chi connectivity index (χ4n) is 2.80. The predicted octanol–water partition coefficient (Wildman–Crippen LogP) is 4.42. The zero-order valence-corrected chi connectivity index (χ0v) is 14.9. The number of halogens is 3. The van der Waals surface area contributed by atoms with Gasteiger partial charge in [0.2, 0.25) is 0 Å². The summed E-state index contributed by atoms with van der Waals surface area (Å²) in [5.74, 6) is -2.24. The number of fused-ring (bicyclic) bond motifs is 1. The van der Waals surface area contributed by atoms with E-state index in [1.165, 1.54) is 16.2 Å². The van der Waals surface area contributed by atoms with Crippen molar-refractivity contribution >= 4 is 27.0 Å². The van der Waals surface area contributed by atoms with E-state index in [9.17, 15) is 13.6 Å². The van der Waals surface area contributed by atoms with Gasteiger partial charge in [-0.2, -0.15) is 0 Å². The average Bonchev–Trinajstić information content (AvgIpc) is 2.81. The maximum absolute atomic E-state index is 14.9. The average molecular weight is 397 g/mol. The van der Waals surface area contributed by atoms with Crippen molar-refractivity contribution in [2.75, 3.05) is 7.11 Å². The van der Waals surface area contributed by atoms with Gasteiger partial charge in [-0.3, -0.25) is 9.13 Å². The van der Waals surface area contributed by atoms with Gasteiger partial charge in [0.15, 0.2) is 17.4 Å². The lowest BCUT2D eigenvalue weighted by molar-refractivity contribution is 0.362. The molecule has 7 heteroatoms. The third-order valence-electron chi connectivity index (χ3n) is 3.82. The summed E-state index contributed by atoms with van der Waals surface area (Å²) in [5.41, 5.74) is 0.233. The molecule has 0 N–H and O–H groups in total. The predicted molar refractivity (Wildman–Crippen MR) is 92.1 cm³/mol. The lowest BCUT2D eigenvalue weighted by Gasteiger charge is -2.09. The van der Waals surface area contributed by atoms with Crippen LogP contribution in [0, 0.1) is 11.6 Å². The van der Waals surface area contributed by atoms with E-state index in [1.54, 1.807) is 38.1 Å². The van der Waals surface area contributed by atoms with E-state index >= 15 is 0 Å². The second-order valence-electron chi connectivity index (χ2n) is 5.63. The van der Waals surface area contributed by atoms with E-state index in [-0.39, 0.29) is 17.1 Å². The smallest absolute Gasteiger partial charge is 0.334 e. The number of hydrogen-bond donors (Lipinski definition) is 0. The summed E-state index contributed by atoms with van der Waals surface area (Å²) in [4.78, 5) is 12.9. The van der Waals surface area contributed by atoms with E-state index in [1.807, 2.05) is 0 Å². The number of nitrogens with zero attached hydrogens (tertiary/aromatic N) is 2. The SMILES string of the molecule is COc1c(F)cc2c(c1F)n(-c1ccc(Br)cc1)c(=O)n2C(C)C. The topological polar surface area (TPSA) is 36.2 Å². The summed E-state index contributed by atoms with van der Waals surface area (Å²) < 4.78 is 37.2. The highest BCUT2D eigenvalue weighted by Gasteiger charge is 2.24. The van der Waals surface area contributed by atoms with Gasteiger partial charge in [-0.25, -0.2) is 13.6 Å². The van der Waals surface area contributed by atoms with Crippen LogP contribution < -0.4 is 10.4 Å². The minimum atomic E-state index is -0.896. The number of ether oxygens (including phenoxy) is 1. The number of benzene rings is 2. The molecule has 0 spiro atoms. The highest BCUT2D eigenvalue weighted by atomic mass is 79.9. The minimum Gasteiger partial charge on any atom is -0.491 e. The molecule has 3 rings (SSSR count). The molecule has 1 aromatic heterocycles. The Morgan fingerprint density at radius 1 is 1.17 bits per heavy atom. The molecule has 0 amide bonds. The van der Waals surface area contributed by atoms with E-state index in [0.29, 0.717) is 5.69 Å². The first kappa shape index (κ1) is 16.7. The molecule has 0 saturated carbocycles. The van der Waals surface area contributed by atoms with Gasteiger partial charge in [0.25, 0.3) is 0 Å². The number of imidazole rings is 1. The van der Waals surface area contributed by atoms with Crippen molar-refractivity contribution in [3.8, 4) is 11.4 Å². The summed E-state index contributed by atoms with van der Waals surface area (Å²) in [7, 11) is 1.19. The maximum Gasteiger partial charge on any atom is 0.334 e. The molecule has 0 aliphatic rings. The number of aromatic nitrogens is 2. The molecule has 0 saturated heterocycles. The van der Waals surface area contributed by atoms with E-state index in [0.717, 1.165) is 10.5 Å². The molecule has 0 atom stereocenters. The van der Waals surface area contributed by atoms with Crippen LogP contribution in [0.5, 0.6) is 5.75 Å². The normalized spacial score (nSPS) is 11.5. The van der Waals surface area contributed by atoms with Crippen LogP contribution in [0.1, 0.15) is 19.9 Å². The molecule has 2 aromatic carbocycles. The van der Waals surface area contributed by atoms with Gasteiger partial charge in [-0.05, 0) is 38.1 Å². The Hall–Kier alpha value is -2.15. The van der Waals surface area contributed by atoms with E-state index < -0.39 is 23.1 Å². The van der Waals surface area contributed by atoms with Crippen LogP contribution in [0.4, 0.5) is 8.78 Å². The van der Waals surface area contributed by atoms with Crippen LogP contribution in [-0.4, -0.2) is 16.2 Å². The van der Waals surface area contributed by atoms with Crippen LogP contribution in [0.25, 0.3) is 16.7 Å². The maximum atomic E-state index is 14.9. The summed E-state index contributed by atoms with van der Waals surface area (Å²) in [6.07, 6.45) is 0. The van der Waals surface area contributed by atoms with Crippen LogP contribution in [-0.2, 0) is 0 Å². The van der Waals surface area contributed by atoms with Crippen molar-refractivity contribution in [3.63, 3.8) is 0 Å². The molecule has 126 valence electrons. The molecular formula is C17H15BrF2N2O2. The summed E-state index contributed by atoms with van der Waals surface area (Å²) >= 11 is 3.33. The van der Waals surface area contributed by atoms with Gasteiger partial charge in [-0.1, -0.05) is 15.9 Å². The van der Waals surface area contributed by atoms with Crippen molar-refractivity contribution in [2.45, 2.75) is 19.9 Å². The van der Waals surface area contributed by atoms with Gasteiger partial charge in [0.05, 0.1) is 18.3 Å². The summed E-state index contributed by atoms with van der Waals surface area (Å²) in [5, 5.41) is 0. The van der Waals surface area contributed by atoms with Crippen LogP contribution >= 0.6 is 15.9 Å². The Bertz CT molecular complexity index is 975. The van der Waals surface area contributed by atoms with Gasteiger partial charge >= 0.3 is 5.69 Å². The zero-order valence-electron chi connectivity index (χ0n) is 13.3. The molecule has 0 radical (unpaired) electrons. The second-order valence-corrected chi connectivity index (χ2v) is 6.55. The molecule has 0 bridgehead atoms. The fourth-order valence-corrected chi connectivity index (χ4v) is 3.06. The molecule has 4 nitrogen and oxygen atoms in total. The first-order valence-electron chi connectivity index (χ1n) is 7.31. The first-order valence-corrected chi connectivity index (χ1v) is 8.11. The molecule has 0 aliphatic heterocycles. The van der Waals surface area contributed by atoms with Crippen LogP contribution in [0.2, 0.25) is 0 Å². The fraction of sp³-hybridized carbons (Fsp3) is 0.235. The largest absolute Gasteiger partial charge is 0.491 e. The van der Waals surface area contributed by atoms with Gasteiger partial charge in [0, 0.05) is 16.6 Å². The van der Waals surface area contributed by atoms with Crippen molar-refractivity contribution in [3.05, 3.63) is 56.9 Å². The monoisotopic (exact) mass is 396 g/mol. The highest BCUT2D eigenvalue weighted by molar-refractivity contribution is 9.10. The zero-order chi connectivity index (χ0) is 17.6. The number of methoxy groups -OCH3 is 1. The third-order valence-corrected chi connectivity index (χ3v) is 4.34. The minimum absolute atomic E-state index is 0.00530. The number of hydrogen-bond acceptors (Lipinski definition) is 2. The molecule has 0 aliphatic carbocycles. The highest BCUT2D eigenvalue weighted by Crippen LogP contribution is 2.31. The summed E-state index contributed by atoms with van der Waals surface area (Å²) in [6.45, 7) is 3.57. The lowest BCUT2D eigenvalue weighted by atomic mass is 10.2. The van der Waals surface area contributed by atoms with Crippen LogP contribution in [0.15, 0.2) is 39.6 Å². The van der Waals surface area contributed by atoms with Crippen molar-refractivity contribution in [1.82, 2.24) is 9.13 Å². The van der Waals surface area contributed by atoms with Crippen molar-refractivity contribution < 1.29 is 13.5 Å². The Labute approximate surface area is 145 Å². The van der Waals surface area contributed by atoms with Gasteiger partial charge in [-0.15, -0.1) is 0 Å². The standard InChI is InChI=1S/C17H15BrF2N2O2/c1-9(2)21-13-8-12(19)16(24-3)14(20)15(13)22(17(21)23)11-6-4-10(18)5-7-11/h4-9H,1-3H3. The Morgan fingerprint density at radius 3 is 2.33 bits per heavy atom. The third kappa shape index (κ3) is 2.43. The molecular weight excluding hydrogens is 382 g/mol. The van der Waals surface area contributed by atoms with Crippen LogP contribution in [0.3, 0.4) is 0 Å². The molecule has 0 unspecified atom stereocenters. The lowest BCUT2D eigenvalue weighted by Crippen LogP contribution is -2.24. The Kier molecular flexibility index (Phi) is 4.21. The second kappa shape index (κ2) is 6.05. The molecule has 24 heavy (non-hydrogen) atoms. The molecule has 1 heterocycles.